The zero-order valence-electron chi connectivity index (χ0n) is 16.4. The van der Waals surface area contributed by atoms with Gasteiger partial charge in [-0.25, -0.2) is 4.98 Å². The lowest BCUT2D eigenvalue weighted by atomic mass is 10.1. The number of fused-ring (bicyclic) bond motifs is 1. The zero-order valence-corrected chi connectivity index (χ0v) is 16.4. The third-order valence-electron chi connectivity index (χ3n) is 4.94. The standard InChI is InChI=1S/C23H28N2O2/c1-4-19(16-26)27-23-9-7-8-22-20(23)14-15-21(24-22)17-10-12-18(13-11-17)25(5-2)6-3/h7-15,19,26H,4-6,16H2,1-3H3. The fourth-order valence-corrected chi connectivity index (χ4v) is 3.25. The maximum absolute atomic E-state index is 9.41. The Morgan fingerprint density at radius 2 is 1.70 bits per heavy atom. The van der Waals surface area contributed by atoms with Gasteiger partial charge in [0.05, 0.1) is 17.8 Å². The Kier molecular flexibility index (Phi) is 6.30. The second-order valence-electron chi connectivity index (χ2n) is 6.57. The number of benzene rings is 2. The van der Waals surface area contributed by atoms with Crippen LogP contribution in [0.4, 0.5) is 5.69 Å². The molecule has 1 unspecified atom stereocenters. The van der Waals surface area contributed by atoms with E-state index in [1.54, 1.807) is 0 Å². The molecule has 0 spiro atoms. The monoisotopic (exact) mass is 364 g/mol. The molecular weight excluding hydrogens is 336 g/mol. The maximum Gasteiger partial charge on any atom is 0.129 e. The molecule has 27 heavy (non-hydrogen) atoms. The molecule has 0 fully saturated rings. The molecule has 1 N–H and O–H groups in total. The van der Waals surface area contributed by atoms with Crippen LogP contribution in [0.5, 0.6) is 5.75 Å². The third kappa shape index (κ3) is 4.22. The predicted molar refractivity (Wildman–Crippen MR) is 113 cm³/mol. The second kappa shape index (κ2) is 8.87. The summed E-state index contributed by atoms with van der Waals surface area (Å²) < 4.78 is 5.94. The van der Waals surface area contributed by atoms with Crippen molar-refractivity contribution in [3.05, 3.63) is 54.6 Å². The molecule has 4 heteroatoms. The van der Waals surface area contributed by atoms with Gasteiger partial charge in [0, 0.05) is 29.7 Å². The highest BCUT2D eigenvalue weighted by Crippen LogP contribution is 2.29. The quantitative estimate of drug-likeness (QED) is 0.618. The summed E-state index contributed by atoms with van der Waals surface area (Å²) in [5.41, 5.74) is 4.17. The second-order valence-corrected chi connectivity index (χ2v) is 6.57. The molecule has 4 nitrogen and oxygen atoms in total. The van der Waals surface area contributed by atoms with Gasteiger partial charge in [-0.15, -0.1) is 0 Å². The Bertz CT molecular complexity index is 869. The van der Waals surface area contributed by atoms with E-state index in [-0.39, 0.29) is 12.7 Å². The molecule has 0 amide bonds. The molecule has 1 atom stereocenters. The fraction of sp³-hybridized carbons (Fsp3) is 0.348. The number of aliphatic hydroxyl groups excluding tert-OH is 1. The van der Waals surface area contributed by atoms with Crippen LogP contribution in [0.15, 0.2) is 54.6 Å². The van der Waals surface area contributed by atoms with E-state index in [0.717, 1.165) is 47.4 Å². The van der Waals surface area contributed by atoms with Crippen molar-refractivity contribution in [3.63, 3.8) is 0 Å². The van der Waals surface area contributed by atoms with Gasteiger partial charge < -0.3 is 14.7 Å². The highest BCUT2D eigenvalue weighted by Gasteiger charge is 2.11. The van der Waals surface area contributed by atoms with Crippen LogP contribution in [0.1, 0.15) is 27.2 Å². The van der Waals surface area contributed by atoms with Crippen molar-refractivity contribution in [1.82, 2.24) is 4.98 Å². The molecule has 142 valence electrons. The SMILES string of the molecule is CCC(CO)Oc1cccc2nc(-c3ccc(N(CC)CC)cc3)ccc12. The highest BCUT2D eigenvalue weighted by molar-refractivity contribution is 5.87. The van der Waals surface area contributed by atoms with Gasteiger partial charge in [0.25, 0.3) is 0 Å². The summed E-state index contributed by atoms with van der Waals surface area (Å²) in [5.74, 6) is 0.768. The molecule has 0 bridgehead atoms. The number of anilines is 1. The first-order valence-corrected chi connectivity index (χ1v) is 9.72. The van der Waals surface area contributed by atoms with E-state index < -0.39 is 0 Å². The first kappa shape index (κ1) is 19.2. The largest absolute Gasteiger partial charge is 0.487 e. The lowest BCUT2D eigenvalue weighted by Gasteiger charge is -2.21. The van der Waals surface area contributed by atoms with Crippen LogP contribution in [-0.2, 0) is 0 Å². The summed E-state index contributed by atoms with van der Waals surface area (Å²) in [6.07, 6.45) is 0.569. The minimum absolute atomic E-state index is 0.0112. The number of pyridine rings is 1. The van der Waals surface area contributed by atoms with E-state index in [1.165, 1.54) is 5.69 Å². The van der Waals surface area contributed by atoms with Gasteiger partial charge in [0.15, 0.2) is 0 Å². The van der Waals surface area contributed by atoms with E-state index in [9.17, 15) is 5.11 Å². The predicted octanol–water partition coefficient (Wildman–Crippen LogP) is 4.90. The number of aromatic nitrogens is 1. The Labute approximate surface area is 161 Å². The Balaban J connectivity index is 1.91. The summed E-state index contributed by atoms with van der Waals surface area (Å²) in [5, 5.41) is 10.4. The van der Waals surface area contributed by atoms with E-state index >= 15 is 0 Å². The average molecular weight is 364 g/mol. The molecule has 0 radical (unpaired) electrons. The van der Waals surface area contributed by atoms with Gasteiger partial charge in [-0.3, -0.25) is 0 Å². The molecule has 0 aliphatic heterocycles. The van der Waals surface area contributed by atoms with Crippen LogP contribution in [0.25, 0.3) is 22.2 Å². The Morgan fingerprint density at radius 1 is 0.963 bits per heavy atom. The lowest BCUT2D eigenvalue weighted by Crippen LogP contribution is -2.21. The number of nitrogens with zero attached hydrogens (tertiary/aromatic N) is 2. The lowest BCUT2D eigenvalue weighted by molar-refractivity contribution is 0.114. The molecule has 0 saturated heterocycles. The van der Waals surface area contributed by atoms with Gasteiger partial charge in [-0.1, -0.05) is 25.1 Å². The smallest absolute Gasteiger partial charge is 0.129 e. The van der Waals surface area contributed by atoms with Crippen LogP contribution in [-0.4, -0.2) is 35.9 Å². The normalized spacial score (nSPS) is 12.1. The summed E-state index contributed by atoms with van der Waals surface area (Å²) in [4.78, 5) is 7.15. The molecular formula is C23H28N2O2. The number of hydrogen-bond acceptors (Lipinski definition) is 4. The summed E-state index contributed by atoms with van der Waals surface area (Å²) >= 11 is 0. The number of ether oxygens (including phenoxy) is 1. The van der Waals surface area contributed by atoms with Crippen molar-refractivity contribution in [2.75, 3.05) is 24.6 Å². The number of aliphatic hydroxyl groups is 1. The third-order valence-corrected chi connectivity index (χ3v) is 4.94. The van der Waals surface area contributed by atoms with Crippen LogP contribution < -0.4 is 9.64 Å². The van der Waals surface area contributed by atoms with E-state index in [1.807, 2.05) is 31.2 Å². The fourth-order valence-electron chi connectivity index (χ4n) is 3.25. The van der Waals surface area contributed by atoms with Gasteiger partial charge in [-0.2, -0.15) is 0 Å². The molecule has 2 aromatic carbocycles. The van der Waals surface area contributed by atoms with E-state index in [0.29, 0.717) is 0 Å². The Morgan fingerprint density at radius 3 is 2.33 bits per heavy atom. The van der Waals surface area contributed by atoms with Crippen LogP contribution in [0.3, 0.4) is 0 Å². The van der Waals surface area contributed by atoms with Crippen molar-refractivity contribution >= 4 is 16.6 Å². The molecule has 1 aromatic heterocycles. The van der Waals surface area contributed by atoms with Gasteiger partial charge in [-0.05, 0) is 56.7 Å². The summed E-state index contributed by atoms with van der Waals surface area (Å²) in [6, 6.07) is 18.5. The zero-order chi connectivity index (χ0) is 19.2. The maximum atomic E-state index is 9.41. The van der Waals surface area contributed by atoms with Crippen molar-refractivity contribution in [2.24, 2.45) is 0 Å². The van der Waals surface area contributed by atoms with Crippen molar-refractivity contribution < 1.29 is 9.84 Å². The van der Waals surface area contributed by atoms with Crippen LogP contribution >= 0.6 is 0 Å². The number of rotatable bonds is 8. The van der Waals surface area contributed by atoms with E-state index in [4.69, 9.17) is 9.72 Å². The van der Waals surface area contributed by atoms with Crippen molar-refractivity contribution in [3.8, 4) is 17.0 Å². The van der Waals surface area contributed by atoms with Crippen molar-refractivity contribution in [2.45, 2.75) is 33.3 Å². The molecule has 0 aliphatic rings. The summed E-state index contributed by atoms with van der Waals surface area (Å²) in [7, 11) is 0. The molecule has 3 aromatic rings. The Hall–Kier alpha value is -2.59. The first-order valence-electron chi connectivity index (χ1n) is 9.72. The molecule has 3 rings (SSSR count). The van der Waals surface area contributed by atoms with Crippen LogP contribution in [0.2, 0.25) is 0 Å². The topological polar surface area (TPSA) is 45.6 Å². The number of hydrogen-bond donors (Lipinski definition) is 1. The van der Waals surface area contributed by atoms with Gasteiger partial charge in [0.2, 0.25) is 0 Å². The minimum Gasteiger partial charge on any atom is -0.487 e. The first-order chi connectivity index (χ1) is 13.2. The van der Waals surface area contributed by atoms with E-state index in [2.05, 4.69) is 49.1 Å². The summed E-state index contributed by atoms with van der Waals surface area (Å²) in [6.45, 7) is 8.35. The van der Waals surface area contributed by atoms with Gasteiger partial charge >= 0.3 is 0 Å². The molecule has 0 aliphatic carbocycles. The highest BCUT2D eigenvalue weighted by atomic mass is 16.5. The minimum atomic E-state index is -0.192. The molecule has 0 saturated carbocycles. The molecule has 1 heterocycles. The van der Waals surface area contributed by atoms with Gasteiger partial charge in [0.1, 0.15) is 11.9 Å². The average Bonchev–Trinajstić information content (AvgIpc) is 2.73. The van der Waals surface area contributed by atoms with Crippen molar-refractivity contribution in [1.29, 1.82) is 0 Å². The van der Waals surface area contributed by atoms with Crippen LogP contribution in [0, 0.1) is 0 Å².